The number of amides is 1. The molecule has 1 aromatic rings. The highest BCUT2D eigenvalue weighted by atomic mass is 16.2. The summed E-state index contributed by atoms with van der Waals surface area (Å²) >= 11 is 0. The van der Waals surface area contributed by atoms with E-state index in [2.05, 4.69) is 16.8 Å². The number of likely N-dealkylation sites (tertiary alicyclic amines) is 2. The number of carbonyl (C=O) groups excluding carboxylic acids is 2. The molecule has 23 heavy (non-hydrogen) atoms. The zero-order valence-electron chi connectivity index (χ0n) is 14.0. The molecule has 1 atom stereocenters. The first-order chi connectivity index (χ1) is 11.1. The molecular formula is C18H27N3O2. The molecule has 0 bridgehead atoms. The summed E-state index contributed by atoms with van der Waals surface area (Å²) in [5, 5.41) is 0. The third kappa shape index (κ3) is 4.02. The third-order valence-corrected chi connectivity index (χ3v) is 5.24. The summed E-state index contributed by atoms with van der Waals surface area (Å²) < 4.78 is 0. The molecule has 2 aliphatic heterocycles. The molecule has 3 heterocycles. The molecule has 5 nitrogen and oxygen atoms in total. The Bertz CT molecular complexity index is 532. The third-order valence-electron chi connectivity index (χ3n) is 5.24. The number of hydrogen-bond acceptors (Lipinski definition) is 3. The van der Waals surface area contributed by atoms with Crippen molar-refractivity contribution in [3.8, 4) is 0 Å². The zero-order chi connectivity index (χ0) is 16.2. The fraction of sp³-hybridized carbons (Fsp3) is 0.667. The molecule has 0 unspecified atom stereocenters. The van der Waals surface area contributed by atoms with Crippen LogP contribution in [0.3, 0.4) is 0 Å². The van der Waals surface area contributed by atoms with Crippen molar-refractivity contribution in [2.45, 2.75) is 32.6 Å². The number of carbonyl (C=O) groups is 2. The van der Waals surface area contributed by atoms with Crippen LogP contribution in [0.4, 0.5) is 0 Å². The Balaban J connectivity index is 1.53. The normalized spacial score (nSPS) is 23.9. The lowest BCUT2D eigenvalue weighted by molar-refractivity contribution is -0.128. The number of H-pyrrole nitrogens is 1. The molecule has 3 rings (SSSR count). The fourth-order valence-corrected chi connectivity index (χ4v) is 3.74. The molecule has 0 radical (unpaired) electrons. The van der Waals surface area contributed by atoms with Crippen molar-refractivity contribution in [3.05, 3.63) is 24.0 Å². The Labute approximate surface area is 138 Å². The number of aromatic amines is 1. The molecule has 0 aromatic carbocycles. The molecule has 5 heteroatoms. The molecule has 2 aliphatic rings. The van der Waals surface area contributed by atoms with E-state index in [9.17, 15) is 9.59 Å². The molecule has 1 N–H and O–H groups in total. The molecule has 1 aromatic heterocycles. The van der Waals surface area contributed by atoms with Gasteiger partial charge in [-0.15, -0.1) is 0 Å². The first-order valence-corrected chi connectivity index (χ1v) is 8.83. The quantitative estimate of drug-likeness (QED) is 0.684. The molecule has 2 saturated heterocycles. The Morgan fingerprint density at radius 3 is 2.70 bits per heavy atom. The highest BCUT2D eigenvalue weighted by molar-refractivity contribution is 6.42. The monoisotopic (exact) mass is 317 g/mol. The minimum absolute atomic E-state index is 0.357. The summed E-state index contributed by atoms with van der Waals surface area (Å²) in [6, 6.07) is 3.41. The van der Waals surface area contributed by atoms with Crippen LogP contribution in [0.2, 0.25) is 0 Å². The first kappa shape index (κ1) is 16.2. The number of rotatable bonds is 4. The van der Waals surface area contributed by atoms with Crippen LogP contribution in [0.15, 0.2) is 18.3 Å². The first-order valence-electron chi connectivity index (χ1n) is 8.83. The minimum atomic E-state index is -0.414. The lowest BCUT2D eigenvalue weighted by Gasteiger charge is -2.37. The van der Waals surface area contributed by atoms with Crippen LogP contribution >= 0.6 is 0 Å². The Morgan fingerprint density at radius 2 is 2.00 bits per heavy atom. The van der Waals surface area contributed by atoms with Gasteiger partial charge in [-0.05, 0) is 62.7 Å². The van der Waals surface area contributed by atoms with E-state index in [0.717, 1.165) is 31.8 Å². The standard InChI is InChI=1S/C18H27N3O2/c1-14-6-10-20(11-7-14)12-15-4-3-9-21(13-15)18(23)17(22)16-5-2-8-19-16/h2,5,8,14-15,19H,3-4,6-7,9-13H2,1H3/t15-/m0/s1. The molecule has 0 spiro atoms. The largest absolute Gasteiger partial charge is 0.358 e. The highest BCUT2D eigenvalue weighted by Crippen LogP contribution is 2.22. The number of hydrogen-bond donors (Lipinski definition) is 1. The molecule has 0 aliphatic carbocycles. The van der Waals surface area contributed by atoms with E-state index in [1.807, 2.05) is 0 Å². The van der Waals surface area contributed by atoms with Gasteiger partial charge in [-0.1, -0.05) is 6.92 Å². The summed E-state index contributed by atoms with van der Waals surface area (Å²) in [6.07, 6.45) is 6.39. The maximum Gasteiger partial charge on any atom is 0.296 e. The van der Waals surface area contributed by atoms with Gasteiger partial charge < -0.3 is 14.8 Å². The highest BCUT2D eigenvalue weighted by Gasteiger charge is 2.30. The van der Waals surface area contributed by atoms with E-state index in [-0.39, 0.29) is 5.91 Å². The minimum Gasteiger partial charge on any atom is -0.358 e. The van der Waals surface area contributed by atoms with Gasteiger partial charge in [0, 0.05) is 25.8 Å². The van der Waals surface area contributed by atoms with Gasteiger partial charge in [0.1, 0.15) is 0 Å². The van der Waals surface area contributed by atoms with Crippen LogP contribution in [-0.2, 0) is 4.79 Å². The molecule has 1 amide bonds. The lowest BCUT2D eigenvalue weighted by atomic mass is 9.94. The number of ketones is 1. The van der Waals surface area contributed by atoms with Crippen LogP contribution in [0.5, 0.6) is 0 Å². The van der Waals surface area contributed by atoms with E-state index in [1.165, 1.54) is 25.9 Å². The second kappa shape index (κ2) is 7.30. The van der Waals surface area contributed by atoms with Crippen LogP contribution in [-0.4, -0.2) is 59.2 Å². The maximum absolute atomic E-state index is 12.4. The number of aromatic nitrogens is 1. The molecule has 2 fully saturated rings. The van der Waals surface area contributed by atoms with Crippen molar-refractivity contribution >= 4 is 11.7 Å². The summed E-state index contributed by atoms with van der Waals surface area (Å²) in [5.74, 6) is 0.568. The van der Waals surface area contributed by atoms with Crippen LogP contribution in [0, 0.1) is 11.8 Å². The molecule has 0 saturated carbocycles. The van der Waals surface area contributed by atoms with E-state index < -0.39 is 5.78 Å². The molecule has 126 valence electrons. The van der Waals surface area contributed by atoms with Crippen LogP contribution < -0.4 is 0 Å². The Kier molecular flexibility index (Phi) is 5.16. The summed E-state index contributed by atoms with van der Waals surface area (Å²) in [6.45, 7) is 7.16. The van der Waals surface area contributed by atoms with Crippen LogP contribution in [0.1, 0.15) is 43.1 Å². The van der Waals surface area contributed by atoms with Crippen molar-refractivity contribution in [3.63, 3.8) is 0 Å². The van der Waals surface area contributed by atoms with Gasteiger partial charge in [0.05, 0.1) is 5.69 Å². The summed E-state index contributed by atoms with van der Waals surface area (Å²) in [7, 11) is 0. The number of nitrogens with one attached hydrogen (secondary N) is 1. The van der Waals surface area contributed by atoms with Gasteiger partial charge in [0.2, 0.25) is 0 Å². The number of piperidine rings is 2. The average molecular weight is 317 g/mol. The van der Waals surface area contributed by atoms with E-state index in [1.54, 1.807) is 23.2 Å². The van der Waals surface area contributed by atoms with Gasteiger partial charge in [0.25, 0.3) is 11.7 Å². The number of nitrogens with zero attached hydrogens (tertiary/aromatic N) is 2. The average Bonchev–Trinajstić information content (AvgIpc) is 3.10. The van der Waals surface area contributed by atoms with Crippen LogP contribution in [0.25, 0.3) is 0 Å². The van der Waals surface area contributed by atoms with Crippen molar-refractivity contribution < 1.29 is 9.59 Å². The fourth-order valence-electron chi connectivity index (χ4n) is 3.74. The predicted octanol–water partition coefficient (Wildman–Crippen LogP) is 2.17. The van der Waals surface area contributed by atoms with Gasteiger partial charge in [-0.25, -0.2) is 0 Å². The van der Waals surface area contributed by atoms with Gasteiger partial charge in [-0.3, -0.25) is 9.59 Å². The van der Waals surface area contributed by atoms with Crippen molar-refractivity contribution in [1.29, 1.82) is 0 Å². The lowest BCUT2D eigenvalue weighted by Crippen LogP contribution is -2.47. The van der Waals surface area contributed by atoms with Crippen molar-refractivity contribution in [2.24, 2.45) is 11.8 Å². The second-order valence-corrected chi connectivity index (χ2v) is 7.16. The maximum atomic E-state index is 12.4. The predicted molar refractivity (Wildman–Crippen MR) is 89.3 cm³/mol. The second-order valence-electron chi connectivity index (χ2n) is 7.16. The van der Waals surface area contributed by atoms with Gasteiger partial charge in [0.15, 0.2) is 0 Å². The number of Topliss-reactive ketones (excluding diaryl/α,β-unsaturated/α-hetero) is 1. The van der Waals surface area contributed by atoms with E-state index >= 15 is 0 Å². The van der Waals surface area contributed by atoms with Crippen molar-refractivity contribution in [1.82, 2.24) is 14.8 Å². The molecular weight excluding hydrogens is 290 g/mol. The van der Waals surface area contributed by atoms with Gasteiger partial charge >= 0.3 is 0 Å². The summed E-state index contributed by atoms with van der Waals surface area (Å²) in [4.78, 5) is 31.7. The van der Waals surface area contributed by atoms with E-state index in [0.29, 0.717) is 18.2 Å². The zero-order valence-corrected chi connectivity index (χ0v) is 14.0. The van der Waals surface area contributed by atoms with Gasteiger partial charge in [-0.2, -0.15) is 0 Å². The Hall–Kier alpha value is -1.62. The van der Waals surface area contributed by atoms with Crippen molar-refractivity contribution in [2.75, 3.05) is 32.7 Å². The summed E-state index contributed by atoms with van der Waals surface area (Å²) in [5.41, 5.74) is 0.391. The Morgan fingerprint density at radius 1 is 1.22 bits per heavy atom. The topological polar surface area (TPSA) is 56.4 Å². The van der Waals surface area contributed by atoms with E-state index in [4.69, 9.17) is 0 Å². The SMILES string of the molecule is CC1CCN(C[C@@H]2CCCN(C(=O)C(=O)c3ccc[nH]3)C2)CC1. The smallest absolute Gasteiger partial charge is 0.296 e.